The van der Waals surface area contributed by atoms with E-state index in [-0.39, 0.29) is 23.4 Å². The SMILES string of the molecule is CC(=O)Nc1ccc(Oc2ccc(C(=O)Nc3ccccc3)nn2)cc1. The summed E-state index contributed by atoms with van der Waals surface area (Å²) >= 11 is 0. The summed E-state index contributed by atoms with van der Waals surface area (Å²) in [5.41, 5.74) is 1.53. The third kappa shape index (κ3) is 4.64. The van der Waals surface area contributed by atoms with Crippen LogP contribution in [0.2, 0.25) is 0 Å². The van der Waals surface area contributed by atoms with Crippen molar-refractivity contribution in [3.8, 4) is 11.6 Å². The fourth-order valence-corrected chi connectivity index (χ4v) is 2.14. The first-order chi connectivity index (χ1) is 12.6. The van der Waals surface area contributed by atoms with Gasteiger partial charge in [0.2, 0.25) is 11.8 Å². The van der Waals surface area contributed by atoms with Crippen LogP contribution in [-0.4, -0.2) is 22.0 Å². The van der Waals surface area contributed by atoms with Gasteiger partial charge in [-0.25, -0.2) is 0 Å². The lowest BCUT2D eigenvalue weighted by Gasteiger charge is -2.07. The first kappa shape index (κ1) is 17.1. The molecule has 2 N–H and O–H groups in total. The quantitative estimate of drug-likeness (QED) is 0.736. The van der Waals surface area contributed by atoms with Crippen molar-refractivity contribution < 1.29 is 14.3 Å². The maximum atomic E-state index is 12.1. The molecular formula is C19H16N4O3. The lowest BCUT2D eigenvalue weighted by Crippen LogP contribution is -2.14. The van der Waals surface area contributed by atoms with Crippen LogP contribution in [0.15, 0.2) is 66.7 Å². The molecule has 1 heterocycles. The van der Waals surface area contributed by atoms with Crippen molar-refractivity contribution in [2.24, 2.45) is 0 Å². The molecule has 0 bridgehead atoms. The molecule has 0 spiro atoms. The normalized spacial score (nSPS) is 10.0. The third-order valence-electron chi connectivity index (χ3n) is 3.30. The van der Waals surface area contributed by atoms with Crippen molar-refractivity contribution in [1.29, 1.82) is 0 Å². The summed E-state index contributed by atoms with van der Waals surface area (Å²) in [5.74, 6) is 0.298. The highest BCUT2D eigenvalue weighted by molar-refractivity contribution is 6.02. The number of ether oxygens (including phenoxy) is 1. The van der Waals surface area contributed by atoms with Crippen molar-refractivity contribution in [3.05, 3.63) is 72.4 Å². The van der Waals surface area contributed by atoms with Crippen LogP contribution in [-0.2, 0) is 4.79 Å². The van der Waals surface area contributed by atoms with Crippen molar-refractivity contribution in [2.75, 3.05) is 10.6 Å². The molecule has 0 saturated heterocycles. The van der Waals surface area contributed by atoms with Gasteiger partial charge in [-0.3, -0.25) is 9.59 Å². The number of benzene rings is 2. The van der Waals surface area contributed by atoms with Gasteiger partial charge in [-0.2, -0.15) is 0 Å². The predicted octanol–water partition coefficient (Wildman–Crippen LogP) is 3.48. The van der Waals surface area contributed by atoms with Gasteiger partial charge in [0.25, 0.3) is 5.91 Å². The summed E-state index contributed by atoms with van der Waals surface area (Å²) in [5, 5.41) is 13.2. The van der Waals surface area contributed by atoms with Gasteiger partial charge in [0.1, 0.15) is 5.75 Å². The zero-order chi connectivity index (χ0) is 18.4. The molecular weight excluding hydrogens is 332 g/mol. The minimum absolute atomic E-state index is 0.145. The lowest BCUT2D eigenvalue weighted by atomic mass is 10.3. The number of rotatable bonds is 5. The molecule has 0 aliphatic carbocycles. The summed E-state index contributed by atoms with van der Waals surface area (Å²) < 4.78 is 5.57. The van der Waals surface area contributed by atoms with E-state index in [1.165, 1.54) is 13.0 Å². The molecule has 0 aliphatic heterocycles. The van der Waals surface area contributed by atoms with E-state index in [0.717, 1.165) is 0 Å². The number of nitrogens with one attached hydrogen (secondary N) is 2. The summed E-state index contributed by atoms with van der Waals surface area (Å²) in [6.45, 7) is 1.44. The zero-order valence-corrected chi connectivity index (χ0v) is 14.0. The average molecular weight is 348 g/mol. The van der Waals surface area contributed by atoms with Crippen LogP contribution in [0.1, 0.15) is 17.4 Å². The lowest BCUT2D eigenvalue weighted by molar-refractivity contribution is -0.114. The fourth-order valence-electron chi connectivity index (χ4n) is 2.14. The highest BCUT2D eigenvalue weighted by Crippen LogP contribution is 2.21. The number of aromatic nitrogens is 2. The monoisotopic (exact) mass is 348 g/mol. The third-order valence-corrected chi connectivity index (χ3v) is 3.30. The highest BCUT2D eigenvalue weighted by atomic mass is 16.5. The van der Waals surface area contributed by atoms with Gasteiger partial charge in [0, 0.05) is 24.4 Å². The minimum Gasteiger partial charge on any atom is -0.438 e. The summed E-state index contributed by atoms with van der Waals surface area (Å²) in [4.78, 5) is 23.1. The Morgan fingerprint density at radius 1 is 0.808 bits per heavy atom. The van der Waals surface area contributed by atoms with Crippen molar-refractivity contribution in [1.82, 2.24) is 10.2 Å². The molecule has 0 saturated carbocycles. The molecule has 3 rings (SSSR count). The predicted molar refractivity (Wildman–Crippen MR) is 97.2 cm³/mol. The second-order valence-electron chi connectivity index (χ2n) is 5.38. The van der Waals surface area contributed by atoms with Crippen LogP contribution in [0.4, 0.5) is 11.4 Å². The van der Waals surface area contributed by atoms with E-state index in [9.17, 15) is 9.59 Å². The Kier molecular flexibility index (Phi) is 5.19. The molecule has 0 radical (unpaired) electrons. The molecule has 0 atom stereocenters. The maximum absolute atomic E-state index is 12.1. The first-order valence-corrected chi connectivity index (χ1v) is 7.86. The molecule has 2 aromatic carbocycles. The molecule has 7 nitrogen and oxygen atoms in total. The second-order valence-corrected chi connectivity index (χ2v) is 5.38. The number of carbonyl (C=O) groups excluding carboxylic acids is 2. The average Bonchev–Trinajstić information content (AvgIpc) is 2.64. The molecule has 130 valence electrons. The van der Waals surface area contributed by atoms with E-state index in [2.05, 4.69) is 20.8 Å². The van der Waals surface area contributed by atoms with Gasteiger partial charge in [-0.05, 0) is 42.5 Å². The van der Waals surface area contributed by atoms with Crippen LogP contribution in [0.25, 0.3) is 0 Å². The fraction of sp³-hybridized carbons (Fsp3) is 0.0526. The Bertz CT molecular complexity index is 894. The Labute approximate surface area is 150 Å². The maximum Gasteiger partial charge on any atom is 0.276 e. The van der Waals surface area contributed by atoms with Gasteiger partial charge in [0.15, 0.2) is 5.69 Å². The molecule has 0 fully saturated rings. The zero-order valence-electron chi connectivity index (χ0n) is 14.0. The number of para-hydroxylation sites is 1. The molecule has 0 aliphatic rings. The van der Waals surface area contributed by atoms with Crippen LogP contribution in [0.3, 0.4) is 0 Å². The van der Waals surface area contributed by atoms with E-state index < -0.39 is 0 Å². The van der Waals surface area contributed by atoms with Crippen LogP contribution >= 0.6 is 0 Å². The van der Waals surface area contributed by atoms with Gasteiger partial charge >= 0.3 is 0 Å². The minimum atomic E-state index is -0.352. The standard InChI is InChI=1S/C19H16N4O3/c1-13(24)20-15-7-9-16(10-8-15)26-18-12-11-17(22-23-18)19(25)21-14-5-3-2-4-6-14/h2-12H,1H3,(H,20,24)(H,21,25). The van der Waals surface area contributed by atoms with Crippen molar-refractivity contribution in [2.45, 2.75) is 6.92 Å². The Balaban J connectivity index is 1.62. The highest BCUT2D eigenvalue weighted by Gasteiger charge is 2.09. The van der Waals surface area contributed by atoms with Crippen LogP contribution in [0, 0.1) is 0 Å². The van der Waals surface area contributed by atoms with E-state index in [1.54, 1.807) is 42.5 Å². The molecule has 2 amide bonds. The topological polar surface area (TPSA) is 93.2 Å². The number of hydrogen-bond acceptors (Lipinski definition) is 5. The second kappa shape index (κ2) is 7.89. The Hall–Kier alpha value is -3.74. The van der Waals surface area contributed by atoms with Gasteiger partial charge in [0.05, 0.1) is 0 Å². The number of carbonyl (C=O) groups is 2. The Morgan fingerprint density at radius 2 is 1.50 bits per heavy atom. The summed E-state index contributed by atoms with van der Waals surface area (Å²) in [7, 11) is 0. The van der Waals surface area contributed by atoms with E-state index in [0.29, 0.717) is 17.1 Å². The molecule has 26 heavy (non-hydrogen) atoms. The molecule has 1 aromatic heterocycles. The largest absolute Gasteiger partial charge is 0.438 e. The number of anilines is 2. The number of nitrogens with zero attached hydrogens (tertiary/aromatic N) is 2. The van der Waals surface area contributed by atoms with Gasteiger partial charge in [-0.15, -0.1) is 10.2 Å². The van der Waals surface area contributed by atoms with Crippen molar-refractivity contribution >= 4 is 23.2 Å². The number of hydrogen-bond donors (Lipinski definition) is 2. The van der Waals surface area contributed by atoms with Gasteiger partial charge in [-0.1, -0.05) is 18.2 Å². The smallest absolute Gasteiger partial charge is 0.276 e. The molecule has 7 heteroatoms. The van der Waals surface area contributed by atoms with Gasteiger partial charge < -0.3 is 15.4 Å². The van der Waals surface area contributed by atoms with Crippen LogP contribution in [0.5, 0.6) is 11.6 Å². The van der Waals surface area contributed by atoms with E-state index in [1.807, 2.05) is 18.2 Å². The molecule has 0 unspecified atom stereocenters. The number of amides is 2. The molecule has 3 aromatic rings. The Morgan fingerprint density at radius 3 is 2.12 bits per heavy atom. The summed E-state index contributed by atoms with van der Waals surface area (Å²) in [6, 6.07) is 19.0. The van der Waals surface area contributed by atoms with Crippen molar-refractivity contribution in [3.63, 3.8) is 0 Å². The van der Waals surface area contributed by atoms with E-state index >= 15 is 0 Å². The first-order valence-electron chi connectivity index (χ1n) is 7.86. The van der Waals surface area contributed by atoms with E-state index in [4.69, 9.17) is 4.74 Å². The summed E-state index contributed by atoms with van der Waals surface area (Å²) in [6.07, 6.45) is 0. The van der Waals surface area contributed by atoms with Crippen LogP contribution < -0.4 is 15.4 Å².